The first-order valence-electron chi connectivity index (χ1n) is 6.21. The van der Waals surface area contributed by atoms with Gasteiger partial charge in [-0.3, -0.25) is 0 Å². The Hall–Kier alpha value is -1.25. The van der Waals surface area contributed by atoms with Crippen molar-refractivity contribution in [3.8, 4) is 11.3 Å². The van der Waals surface area contributed by atoms with E-state index in [1.165, 1.54) is 0 Å². The summed E-state index contributed by atoms with van der Waals surface area (Å²) >= 11 is 6.24. The predicted molar refractivity (Wildman–Crippen MR) is 76.0 cm³/mol. The second kappa shape index (κ2) is 5.59. The lowest BCUT2D eigenvalue weighted by molar-refractivity contribution is 0.445. The Bertz CT molecular complexity index is 533. The normalized spacial score (nSPS) is 12.7. The van der Waals surface area contributed by atoms with Gasteiger partial charge in [0.2, 0.25) is 0 Å². The van der Waals surface area contributed by atoms with Crippen molar-refractivity contribution >= 4 is 11.6 Å². The first kappa shape index (κ1) is 13.2. The highest BCUT2D eigenvalue weighted by Crippen LogP contribution is 2.31. The second-order valence-corrected chi connectivity index (χ2v) is 4.87. The summed E-state index contributed by atoms with van der Waals surface area (Å²) in [7, 11) is 0. The Morgan fingerprint density at radius 1 is 1.28 bits per heavy atom. The van der Waals surface area contributed by atoms with E-state index in [4.69, 9.17) is 16.0 Å². The van der Waals surface area contributed by atoms with Gasteiger partial charge in [-0.15, -0.1) is 0 Å². The van der Waals surface area contributed by atoms with Gasteiger partial charge in [0.15, 0.2) is 0 Å². The van der Waals surface area contributed by atoms with Gasteiger partial charge in [-0.2, -0.15) is 0 Å². The van der Waals surface area contributed by atoms with Crippen molar-refractivity contribution in [3.05, 3.63) is 46.7 Å². The molecule has 0 saturated heterocycles. The maximum atomic E-state index is 6.24. The molecule has 2 aromatic rings. The summed E-state index contributed by atoms with van der Waals surface area (Å²) in [6.07, 6.45) is 0. The summed E-state index contributed by atoms with van der Waals surface area (Å²) in [6.45, 7) is 7.11. The Morgan fingerprint density at radius 2 is 2.06 bits per heavy atom. The smallest absolute Gasteiger partial charge is 0.135 e. The van der Waals surface area contributed by atoms with E-state index in [0.29, 0.717) is 0 Å². The third-order valence-electron chi connectivity index (χ3n) is 2.95. The lowest BCUT2D eigenvalue weighted by Crippen LogP contribution is -2.16. The summed E-state index contributed by atoms with van der Waals surface area (Å²) in [4.78, 5) is 0. The molecule has 0 saturated carbocycles. The van der Waals surface area contributed by atoms with Crippen LogP contribution >= 0.6 is 11.6 Å². The first-order valence-corrected chi connectivity index (χ1v) is 6.59. The zero-order valence-corrected chi connectivity index (χ0v) is 11.7. The fourth-order valence-electron chi connectivity index (χ4n) is 1.96. The molecule has 0 amide bonds. The van der Waals surface area contributed by atoms with E-state index in [0.717, 1.165) is 34.2 Å². The lowest BCUT2D eigenvalue weighted by Gasteiger charge is -2.08. The van der Waals surface area contributed by atoms with Crippen LogP contribution in [-0.2, 0) is 0 Å². The molecule has 2 nitrogen and oxygen atoms in total. The molecule has 18 heavy (non-hydrogen) atoms. The van der Waals surface area contributed by atoms with E-state index in [9.17, 15) is 0 Å². The van der Waals surface area contributed by atoms with Crippen LogP contribution in [0.25, 0.3) is 11.3 Å². The summed E-state index contributed by atoms with van der Waals surface area (Å²) < 4.78 is 5.86. The molecular weight excluding hydrogens is 246 g/mol. The topological polar surface area (TPSA) is 25.2 Å². The minimum absolute atomic E-state index is 0.216. The molecule has 2 rings (SSSR count). The molecule has 1 heterocycles. The van der Waals surface area contributed by atoms with Gasteiger partial charge in [-0.1, -0.05) is 24.6 Å². The van der Waals surface area contributed by atoms with Crippen LogP contribution in [0.15, 0.2) is 34.7 Å². The van der Waals surface area contributed by atoms with Crippen molar-refractivity contribution in [2.75, 3.05) is 6.54 Å². The van der Waals surface area contributed by atoms with Crippen molar-refractivity contribution in [2.24, 2.45) is 0 Å². The molecule has 0 aliphatic carbocycles. The Labute approximate surface area is 113 Å². The van der Waals surface area contributed by atoms with Crippen molar-refractivity contribution in [2.45, 2.75) is 26.8 Å². The molecule has 1 aromatic heterocycles. The highest BCUT2D eigenvalue weighted by Gasteiger charge is 2.12. The number of aryl methyl sites for hydroxylation is 1. The number of rotatable bonds is 4. The lowest BCUT2D eigenvalue weighted by atomic mass is 10.1. The average Bonchev–Trinajstić information content (AvgIpc) is 2.78. The van der Waals surface area contributed by atoms with Gasteiger partial charge in [-0.05, 0) is 50.2 Å². The molecule has 0 bridgehead atoms. The third-order valence-corrected chi connectivity index (χ3v) is 3.27. The van der Waals surface area contributed by atoms with Gasteiger partial charge in [0.25, 0.3) is 0 Å². The van der Waals surface area contributed by atoms with E-state index in [2.05, 4.69) is 19.2 Å². The predicted octanol–water partition coefficient (Wildman–Crippen LogP) is 4.58. The highest BCUT2D eigenvalue weighted by atomic mass is 35.5. The van der Waals surface area contributed by atoms with E-state index in [1.54, 1.807) is 0 Å². The maximum absolute atomic E-state index is 6.24. The van der Waals surface area contributed by atoms with Crippen LogP contribution in [0.2, 0.25) is 5.02 Å². The Kier molecular flexibility index (Phi) is 4.10. The monoisotopic (exact) mass is 263 g/mol. The van der Waals surface area contributed by atoms with Gasteiger partial charge in [0.05, 0.1) is 11.1 Å². The molecule has 0 fully saturated rings. The number of halogens is 1. The van der Waals surface area contributed by atoms with Gasteiger partial charge < -0.3 is 9.73 Å². The van der Waals surface area contributed by atoms with Crippen molar-refractivity contribution in [1.82, 2.24) is 5.32 Å². The standard InChI is InChI=1S/C15H18ClNO/c1-4-17-11(3)14-7-8-15(18-14)12-6-5-10(2)9-13(12)16/h5-9,11,17H,4H2,1-3H3. The van der Waals surface area contributed by atoms with Crippen LogP contribution in [-0.4, -0.2) is 6.54 Å². The summed E-state index contributed by atoms with van der Waals surface area (Å²) in [5.41, 5.74) is 2.09. The van der Waals surface area contributed by atoms with Crippen LogP contribution in [0, 0.1) is 6.92 Å². The summed E-state index contributed by atoms with van der Waals surface area (Å²) in [5, 5.41) is 4.05. The number of nitrogens with one attached hydrogen (secondary N) is 1. The minimum atomic E-state index is 0.216. The van der Waals surface area contributed by atoms with E-state index < -0.39 is 0 Å². The number of hydrogen-bond acceptors (Lipinski definition) is 2. The molecule has 1 aromatic carbocycles. The molecular formula is C15H18ClNO. The molecule has 0 spiro atoms. The largest absolute Gasteiger partial charge is 0.459 e. The quantitative estimate of drug-likeness (QED) is 0.874. The second-order valence-electron chi connectivity index (χ2n) is 4.46. The fraction of sp³-hybridized carbons (Fsp3) is 0.333. The van der Waals surface area contributed by atoms with Gasteiger partial charge in [0.1, 0.15) is 11.5 Å². The van der Waals surface area contributed by atoms with Crippen LogP contribution < -0.4 is 5.32 Å². The number of furan rings is 1. The fourth-order valence-corrected chi connectivity index (χ4v) is 2.29. The summed E-state index contributed by atoms with van der Waals surface area (Å²) in [6, 6.07) is 10.2. The van der Waals surface area contributed by atoms with Gasteiger partial charge in [-0.25, -0.2) is 0 Å². The van der Waals surface area contributed by atoms with Gasteiger partial charge in [0, 0.05) is 5.56 Å². The zero-order chi connectivity index (χ0) is 13.1. The number of hydrogen-bond donors (Lipinski definition) is 1. The highest BCUT2D eigenvalue weighted by molar-refractivity contribution is 6.33. The zero-order valence-electron chi connectivity index (χ0n) is 11.0. The van der Waals surface area contributed by atoms with Crippen molar-refractivity contribution in [1.29, 1.82) is 0 Å². The third kappa shape index (κ3) is 2.77. The number of benzene rings is 1. The molecule has 0 radical (unpaired) electrons. The van der Waals surface area contributed by atoms with Gasteiger partial charge >= 0.3 is 0 Å². The average molecular weight is 264 g/mol. The molecule has 3 heteroatoms. The summed E-state index contributed by atoms with van der Waals surface area (Å²) in [5.74, 6) is 1.75. The Balaban J connectivity index is 2.29. The van der Waals surface area contributed by atoms with E-state index in [1.807, 2.05) is 37.3 Å². The van der Waals surface area contributed by atoms with Crippen LogP contribution in [0.1, 0.15) is 31.2 Å². The maximum Gasteiger partial charge on any atom is 0.135 e. The Morgan fingerprint density at radius 3 is 2.72 bits per heavy atom. The van der Waals surface area contributed by atoms with E-state index >= 15 is 0 Å². The molecule has 0 aliphatic rings. The van der Waals surface area contributed by atoms with E-state index in [-0.39, 0.29) is 6.04 Å². The molecule has 1 N–H and O–H groups in total. The molecule has 0 aliphatic heterocycles. The molecule has 1 atom stereocenters. The van der Waals surface area contributed by atoms with Crippen molar-refractivity contribution < 1.29 is 4.42 Å². The molecule has 96 valence electrons. The van der Waals surface area contributed by atoms with Crippen LogP contribution in [0.4, 0.5) is 0 Å². The first-order chi connectivity index (χ1) is 8.61. The SMILES string of the molecule is CCNC(C)c1ccc(-c2ccc(C)cc2Cl)o1. The van der Waals surface area contributed by atoms with Crippen LogP contribution in [0.5, 0.6) is 0 Å². The molecule has 1 unspecified atom stereocenters. The van der Waals surface area contributed by atoms with Crippen LogP contribution in [0.3, 0.4) is 0 Å². The van der Waals surface area contributed by atoms with Crippen molar-refractivity contribution in [3.63, 3.8) is 0 Å². The minimum Gasteiger partial charge on any atom is -0.459 e.